The molecule has 0 aliphatic heterocycles. The highest BCUT2D eigenvalue weighted by molar-refractivity contribution is 5.94. The Bertz CT molecular complexity index is 1320. The van der Waals surface area contributed by atoms with Crippen molar-refractivity contribution in [2.45, 2.75) is 70.8 Å². The number of fused-ring (bicyclic) bond motifs is 1. The van der Waals surface area contributed by atoms with Gasteiger partial charge in [-0.2, -0.15) is 0 Å². The fourth-order valence-corrected chi connectivity index (χ4v) is 6.63. The van der Waals surface area contributed by atoms with Crippen LogP contribution < -0.4 is 10.6 Å². The molecule has 4 aromatic rings. The van der Waals surface area contributed by atoms with Gasteiger partial charge in [-0.15, -0.1) is 0 Å². The van der Waals surface area contributed by atoms with Crippen LogP contribution in [0.25, 0.3) is 22.2 Å². The van der Waals surface area contributed by atoms with Crippen molar-refractivity contribution >= 4 is 28.1 Å². The maximum absolute atomic E-state index is 4.54. The number of nitrogens with zero attached hydrogens (tertiary/aromatic N) is 2. The first-order valence-electron chi connectivity index (χ1n) is 14.2. The number of H-pyrrole nitrogens is 1. The minimum absolute atomic E-state index is 0.565. The Hall–Kier alpha value is -3.34. The van der Waals surface area contributed by atoms with Crippen LogP contribution in [0.15, 0.2) is 67.1 Å². The summed E-state index contributed by atoms with van der Waals surface area (Å²) in [7, 11) is 0. The number of aromatic nitrogens is 3. The number of benzene rings is 2. The highest BCUT2D eigenvalue weighted by Crippen LogP contribution is 2.39. The normalized spacial score (nSPS) is 24.5. The topological polar surface area (TPSA) is 65.6 Å². The molecular weight excluding hydrogens is 454 g/mol. The van der Waals surface area contributed by atoms with Gasteiger partial charge >= 0.3 is 0 Å². The number of aromatic amines is 1. The Morgan fingerprint density at radius 1 is 0.784 bits per heavy atom. The van der Waals surface area contributed by atoms with Gasteiger partial charge < -0.3 is 15.6 Å². The third kappa shape index (κ3) is 5.66. The Morgan fingerprint density at radius 3 is 2.51 bits per heavy atom. The van der Waals surface area contributed by atoms with Gasteiger partial charge in [0.15, 0.2) is 0 Å². The molecule has 0 amide bonds. The van der Waals surface area contributed by atoms with Gasteiger partial charge in [0.2, 0.25) is 0 Å². The maximum Gasteiger partial charge on any atom is 0.134 e. The van der Waals surface area contributed by atoms with E-state index in [1.807, 2.05) is 18.3 Å². The number of para-hydroxylation sites is 1. The third-order valence-corrected chi connectivity index (χ3v) is 8.78. The molecule has 0 bridgehead atoms. The zero-order chi connectivity index (χ0) is 25.0. The van der Waals surface area contributed by atoms with Gasteiger partial charge in [0.05, 0.1) is 5.69 Å². The molecule has 2 unspecified atom stereocenters. The summed E-state index contributed by atoms with van der Waals surface area (Å²) >= 11 is 0. The summed E-state index contributed by atoms with van der Waals surface area (Å²) < 4.78 is 0. The van der Waals surface area contributed by atoms with Crippen LogP contribution in [0.2, 0.25) is 0 Å². The largest absolute Gasteiger partial charge is 0.382 e. The molecule has 5 heteroatoms. The number of nitrogens with one attached hydrogen (secondary N) is 3. The van der Waals surface area contributed by atoms with Crippen LogP contribution in [-0.2, 0) is 0 Å². The Morgan fingerprint density at radius 2 is 1.59 bits per heavy atom. The van der Waals surface area contributed by atoms with Crippen LogP contribution in [0.3, 0.4) is 0 Å². The summed E-state index contributed by atoms with van der Waals surface area (Å²) in [4.78, 5) is 12.4. The molecule has 3 N–H and O–H groups in total. The molecule has 5 nitrogen and oxygen atoms in total. The summed E-state index contributed by atoms with van der Waals surface area (Å²) in [6, 6.07) is 19.5. The Kier molecular flexibility index (Phi) is 7.11. The maximum atomic E-state index is 4.54. The van der Waals surface area contributed by atoms with E-state index in [1.54, 1.807) is 6.33 Å². The second-order valence-corrected chi connectivity index (χ2v) is 11.4. The van der Waals surface area contributed by atoms with Crippen molar-refractivity contribution in [2.75, 3.05) is 10.6 Å². The van der Waals surface area contributed by atoms with Crippen LogP contribution in [0.5, 0.6) is 0 Å². The summed E-state index contributed by atoms with van der Waals surface area (Å²) in [6.07, 6.45) is 16.2. The minimum atomic E-state index is 0.565. The Labute approximate surface area is 220 Å². The summed E-state index contributed by atoms with van der Waals surface area (Å²) in [5.41, 5.74) is 5.33. The van der Waals surface area contributed by atoms with Gasteiger partial charge in [0, 0.05) is 46.1 Å². The monoisotopic (exact) mass is 493 g/mol. The lowest BCUT2D eigenvalue weighted by Gasteiger charge is -2.32. The molecule has 2 saturated carbocycles. The fourth-order valence-electron chi connectivity index (χ4n) is 6.63. The third-order valence-electron chi connectivity index (χ3n) is 8.78. The molecular formula is C32H39N5. The lowest BCUT2D eigenvalue weighted by molar-refractivity contribution is 0.196. The first kappa shape index (κ1) is 24.0. The quantitative estimate of drug-likeness (QED) is 0.235. The molecule has 2 fully saturated rings. The van der Waals surface area contributed by atoms with E-state index < -0.39 is 0 Å². The van der Waals surface area contributed by atoms with E-state index in [2.05, 4.69) is 75.0 Å². The molecule has 192 valence electrons. The average Bonchev–Trinajstić information content (AvgIpc) is 3.22. The van der Waals surface area contributed by atoms with E-state index in [1.165, 1.54) is 68.9 Å². The molecule has 0 saturated heterocycles. The fraction of sp³-hybridized carbons (Fsp3) is 0.438. The van der Waals surface area contributed by atoms with Crippen molar-refractivity contribution in [1.29, 1.82) is 0 Å². The van der Waals surface area contributed by atoms with Gasteiger partial charge in [0.25, 0.3) is 0 Å². The van der Waals surface area contributed by atoms with Crippen molar-refractivity contribution in [1.82, 2.24) is 15.0 Å². The minimum Gasteiger partial charge on any atom is -0.382 e. The van der Waals surface area contributed by atoms with E-state index in [4.69, 9.17) is 0 Å². The van der Waals surface area contributed by atoms with Crippen LogP contribution in [-0.4, -0.2) is 21.0 Å². The van der Waals surface area contributed by atoms with E-state index in [0.29, 0.717) is 6.04 Å². The molecule has 2 aliphatic rings. The highest BCUT2D eigenvalue weighted by Gasteiger charge is 2.28. The van der Waals surface area contributed by atoms with Crippen molar-refractivity contribution < 1.29 is 0 Å². The van der Waals surface area contributed by atoms with Crippen molar-refractivity contribution in [2.24, 2.45) is 17.8 Å². The van der Waals surface area contributed by atoms with Crippen LogP contribution in [0, 0.1) is 17.8 Å². The Balaban J connectivity index is 1.10. The molecule has 2 aromatic heterocycles. The standard InChI is InChI=1S/C32H39N5/c1-22-12-14-24(15-13-22)23-6-4-7-25(17-16-23)36-26-8-5-9-27(18-26)37-32-19-31(34-21-35-32)29-20-33-30-11-3-2-10-28(29)30/h2-3,5,8-11,18-25,33,36H,4,6-7,12-17H2,1H3,(H,34,35,37). The molecule has 0 spiro atoms. The van der Waals surface area contributed by atoms with Crippen molar-refractivity contribution in [3.05, 3.63) is 67.1 Å². The molecule has 2 heterocycles. The predicted molar refractivity (Wildman–Crippen MR) is 154 cm³/mol. The lowest BCUT2D eigenvalue weighted by atomic mass is 9.74. The molecule has 2 aromatic carbocycles. The first-order valence-corrected chi connectivity index (χ1v) is 14.2. The van der Waals surface area contributed by atoms with E-state index in [-0.39, 0.29) is 0 Å². The zero-order valence-electron chi connectivity index (χ0n) is 21.9. The van der Waals surface area contributed by atoms with Crippen LogP contribution in [0.1, 0.15) is 64.7 Å². The average molecular weight is 494 g/mol. The molecule has 2 aliphatic carbocycles. The van der Waals surface area contributed by atoms with Gasteiger partial charge in [-0.25, -0.2) is 9.97 Å². The lowest BCUT2D eigenvalue weighted by Crippen LogP contribution is -2.22. The van der Waals surface area contributed by atoms with Crippen LogP contribution >= 0.6 is 0 Å². The molecule has 0 radical (unpaired) electrons. The van der Waals surface area contributed by atoms with E-state index in [9.17, 15) is 0 Å². The SMILES string of the molecule is CC1CCC(C2CCCC(Nc3cccc(Nc4cc(-c5c[nH]c6ccccc56)ncn4)c3)CC2)CC1. The van der Waals surface area contributed by atoms with Gasteiger partial charge in [-0.3, -0.25) is 0 Å². The molecule has 2 atom stereocenters. The number of rotatable bonds is 6. The summed E-state index contributed by atoms with van der Waals surface area (Å²) in [5.74, 6) is 3.66. The molecule has 6 rings (SSSR count). The predicted octanol–water partition coefficient (Wildman–Crippen LogP) is 8.56. The second-order valence-electron chi connectivity index (χ2n) is 11.4. The summed E-state index contributed by atoms with van der Waals surface area (Å²) in [5, 5.41) is 8.52. The van der Waals surface area contributed by atoms with Crippen molar-refractivity contribution in [3.63, 3.8) is 0 Å². The highest BCUT2D eigenvalue weighted by atomic mass is 15.0. The van der Waals surface area contributed by atoms with Crippen LogP contribution in [0.4, 0.5) is 17.2 Å². The number of anilines is 3. The van der Waals surface area contributed by atoms with E-state index >= 15 is 0 Å². The first-order chi connectivity index (χ1) is 18.2. The number of hydrogen-bond acceptors (Lipinski definition) is 4. The van der Waals surface area contributed by atoms with Gasteiger partial charge in [-0.1, -0.05) is 56.9 Å². The summed E-state index contributed by atoms with van der Waals surface area (Å²) in [6.45, 7) is 2.43. The number of hydrogen-bond donors (Lipinski definition) is 3. The van der Waals surface area contributed by atoms with Gasteiger partial charge in [0.1, 0.15) is 12.1 Å². The zero-order valence-corrected chi connectivity index (χ0v) is 21.9. The molecule has 37 heavy (non-hydrogen) atoms. The van der Waals surface area contributed by atoms with Gasteiger partial charge in [-0.05, 0) is 74.1 Å². The second kappa shape index (κ2) is 11.0. The van der Waals surface area contributed by atoms with E-state index in [0.717, 1.165) is 46.0 Å². The smallest absolute Gasteiger partial charge is 0.134 e. The van der Waals surface area contributed by atoms with Crippen molar-refractivity contribution in [3.8, 4) is 11.3 Å².